The molecule has 7 heteroatoms. The van der Waals surface area contributed by atoms with E-state index in [4.69, 9.17) is 0 Å². The minimum atomic E-state index is -0.290. The molecule has 0 N–H and O–H groups in total. The third-order valence-electron chi connectivity index (χ3n) is 6.22. The van der Waals surface area contributed by atoms with Crippen molar-refractivity contribution in [3.63, 3.8) is 0 Å². The summed E-state index contributed by atoms with van der Waals surface area (Å²) in [4.78, 5) is 44.4. The first-order valence-corrected chi connectivity index (χ1v) is 11.3. The molecule has 28 heavy (non-hydrogen) atoms. The van der Waals surface area contributed by atoms with Gasteiger partial charge in [0.05, 0.1) is 5.92 Å². The van der Waals surface area contributed by atoms with Crippen LogP contribution < -0.4 is 4.90 Å². The van der Waals surface area contributed by atoms with Crippen molar-refractivity contribution < 1.29 is 14.4 Å². The molecular weight excluding hydrogens is 374 g/mol. The Hall–Kier alpha value is -2.02. The van der Waals surface area contributed by atoms with Crippen LogP contribution in [0.2, 0.25) is 0 Å². The number of hydrogen-bond donors (Lipinski definition) is 0. The number of nitrogens with zero attached hydrogens (tertiary/aromatic N) is 3. The molecule has 1 aromatic carbocycles. The molecule has 0 spiro atoms. The van der Waals surface area contributed by atoms with Crippen molar-refractivity contribution in [1.29, 1.82) is 0 Å². The van der Waals surface area contributed by atoms with Crippen LogP contribution in [0.5, 0.6) is 0 Å². The molecule has 2 heterocycles. The summed E-state index contributed by atoms with van der Waals surface area (Å²) in [5, 5.41) is 0. The Bertz CT molecular complexity index is 755. The summed E-state index contributed by atoms with van der Waals surface area (Å²) in [5.41, 5.74) is 0.856. The van der Waals surface area contributed by atoms with E-state index in [1.165, 1.54) is 0 Å². The fourth-order valence-electron chi connectivity index (χ4n) is 4.20. The zero-order valence-electron chi connectivity index (χ0n) is 16.3. The zero-order chi connectivity index (χ0) is 19.7. The fraction of sp³-hybridized carbons (Fsp3) is 0.571. The predicted octanol–water partition coefficient (Wildman–Crippen LogP) is 2.23. The van der Waals surface area contributed by atoms with E-state index in [1.807, 2.05) is 40.3 Å². The summed E-state index contributed by atoms with van der Waals surface area (Å²) in [6.07, 6.45) is 5.46. The Morgan fingerprint density at radius 2 is 1.50 bits per heavy atom. The zero-order valence-corrected chi connectivity index (χ0v) is 17.1. The monoisotopic (exact) mass is 401 g/mol. The summed E-state index contributed by atoms with van der Waals surface area (Å²) < 4.78 is 0. The number of hydrogen-bond acceptors (Lipinski definition) is 4. The fourth-order valence-corrected chi connectivity index (χ4v) is 4.61. The van der Waals surface area contributed by atoms with Crippen molar-refractivity contribution in [3.05, 3.63) is 24.3 Å². The molecule has 150 valence electrons. The Kier molecular flexibility index (Phi) is 5.62. The third-order valence-corrected chi connectivity index (χ3v) is 6.96. The highest BCUT2D eigenvalue weighted by atomic mass is 32.2. The topological polar surface area (TPSA) is 60.9 Å². The van der Waals surface area contributed by atoms with Crippen molar-refractivity contribution in [3.8, 4) is 0 Å². The number of amides is 3. The van der Waals surface area contributed by atoms with Gasteiger partial charge in [-0.1, -0.05) is 6.42 Å². The lowest BCUT2D eigenvalue weighted by Gasteiger charge is -2.38. The SMILES string of the molecule is CSc1ccc(N2CC(C(=O)N3CCN(C(=O)C4CCC4)CC3)CC2=O)cc1. The number of carbonyl (C=O) groups excluding carboxylic acids is 3. The third kappa shape index (κ3) is 3.77. The van der Waals surface area contributed by atoms with Gasteiger partial charge in [-0.3, -0.25) is 14.4 Å². The maximum Gasteiger partial charge on any atom is 0.228 e. The van der Waals surface area contributed by atoms with Crippen LogP contribution in [0.15, 0.2) is 29.2 Å². The van der Waals surface area contributed by atoms with E-state index in [0.29, 0.717) is 32.7 Å². The average molecular weight is 402 g/mol. The first-order valence-electron chi connectivity index (χ1n) is 10.1. The smallest absolute Gasteiger partial charge is 0.228 e. The molecular formula is C21H27N3O3S. The van der Waals surface area contributed by atoms with Crippen LogP contribution in [0.1, 0.15) is 25.7 Å². The second-order valence-electron chi connectivity index (χ2n) is 7.88. The van der Waals surface area contributed by atoms with E-state index in [1.54, 1.807) is 16.7 Å². The summed E-state index contributed by atoms with van der Waals surface area (Å²) in [7, 11) is 0. The molecule has 2 aliphatic heterocycles. The second kappa shape index (κ2) is 8.15. The van der Waals surface area contributed by atoms with E-state index in [-0.39, 0.29) is 36.0 Å². The maximum absolute atomic E-state index is 12.9. The maximum atomic E-state index is 12.9. The highest BCUT2D eigenvalue weighted by Crippen LogP contribution is 2.30. The number of rotatable bonds is 4. The Morgan fingerprint density at radius 1 is 0.929 bits per heavy atom. The highest BCUT2D eigenvalue weighted by Gasteiger charge is 2.39. The first-order chi connectivity index (χ1) is 13.6. The van der Waals surface area contributed by atoms with Crippen LogP contribution in [0.25, 0.3) is 0 Å². The molecule has 4 rings (SSSR count). The van der Waals surface area contributed by atoms with Crippen LogP contribution in [0.3, 0.4) is 0 Å². The minimum Gasteiger partial charge on any atom is -0.339 e. The Balaban J connectivity index is 1.32. The van der Waals surface area contributed by atoms with E-state index >= 15 is 0 Å². The quantitative estimate of drug-likeness (QED) is 0.726. The van der Waals surface area contributed by atoms with Gasteiger partial charge in [-0.25, -0.2) is 0 Å². The lowest BCUT2D eigenvalue weighted by Crippen LogP contribution is -2.53. The van der Waals surface area contributed by atoms with E-state index in [0.717, 1.165) is 29.8 Å². The highest BCUT2D eigenvalue weighted by molar-refractivity contribution is 7.98. The van der Waals surface area contributed by atoms with Crippen LogP contribution in [0.4, 0.5) is 5.69 Å². The molecule has 6 nitrogen and oxygen atoms in total. The lowest BCUT2D eigenvalue weighted by atomic mass is 9.84. The first kappa shape index (κ1) is 19.3. The molecule has 1 atom stereocenters. The molecule has 1 saturated carbocycles. The average Bonchev–Trinajstić information content (AvgIpc) is 3.08. The van der Waals surface area contributed by atoms with Gasteiger partial charge in [0.2, 0.25) is 17.7 Å². The Labute approximate surface area is 170 Å². The Morgan fingerprint density at radius 3 is 2.00 bits per heavy atom. The van der Waals surface area contributed by atoms with Gasteiger partial charge in [0, 0.05) is 55.6 Å². The van der Waals surface area contributed by atoms with Gasteiger partial charge >= 0.3 is 0 Å². The van der Waals surface area contributed by atoms with Crippen LogP contribution in [-0.4, -0.2) is 66.5 Å². The van der Waals surface area contributed by atoms with Gasteiger partial charge in [-0.05, 0) is 43.4 Å². The largest absolute Gasteiger partial charge is 0.339 e. The number of carbonyl (C=O) groups is 3. The van der Waals surface area contributed by atoms with E-state index in [9.17, 15) is 14.4 Å². The van der Waals surface area contributed by atoms with Gasteiger partial charge in [-0.15, -0.1) is 11.8 Å². The summed E-state index contributed by atoms with van der Waals surface area (Å²) in [6, 6.07) is 7.89. The van der Waals surface area contributed by atoms with Crippen molar-refractivity contribution in [2.45, 2.75) is 30.6 Å². The lowest BCUT2D eigenvalue weighted by molar-refractivity contribution is -0.145. The summed E-state index contributed by atoms with van der Waals surface area (Å²) >= 11 is 1.66. The van der Waals surface area contributed by atoms with Crippen LogP contribution >= 0.6 is 11.8 Å². The standard InChI is InChI=1S/C21H27N3O3S/c1-28-18-7-5-17(6-8-18)24-14-16(13-19(24)25)21(27)23-11-9-22(10-12-23)20(26)15-3-2-4-15/h5-8,15-16H,2-4,9-14H2,1H3. The summed E-state index contributed by atoms with van der Waals surface area (Å²) in [5.74, 6) is 0.234. The van der Waals surface area contributed by atoms with Gasteiger partial charge in [0.25, 0.3) is 0 Å². The van der Waals surface area contributed by atoms with Gasteiger partial charge in [0.1, 0.15) is 0 Å². The molecule has 3 fully saturated rings. The van der Waals surface area contributed by atoms with Crippen molar-refractivity contribution in [1.82, 2.24) is 9.80 Å². The normalized spacial score (nSPS) is 23.1. The molecule has 3 amide bonds. The van der Waals surface area contributed by atoms with Crippen LogP contribution in [-0.2, 0) is 14.4 Å². The number of anilines is 1. The molecule has 2 saturated heterocycles. The summed E-state index contributed by atoms with van der Waals surface area (Å²) in [6.45, 7) is 2.81. The van der Waals surface area contributed by atoms with Gasteiger partial charge in [0.15, 0.2) is 0 Å². The van der Waals surface area contributed by atoms with E-state index in [2.05, 4.69) is 0 Å². The van der Waals surface area contributed by atoms with Crippen LogP contribution in [0, 0.1) is 11.8 Å². The molecule has 1 unspecified atom stereocenters. The number of thioether (sulfide) groups is 1. The number of piperazine rings is 1. The second-order valence-corrected chi connectivity index (χ2v) is 8.76. The molecule has 3 aliphatic rings. The molecule has 1 aromatic rings. The van der Waals surface area contributed by atoms with Gasteiger partial charge < -0.3 is 14.7 Å². The molecule has 0 bridgehead atoms. The van der Waals surface area contributed by atoms with Gasteiger partial charge in [-0.2, -0.15) is 0 Å². The minimum absolute atomic E-state index is 0.00838. The molecule has 0 aromatic heterocycles. The molecule has 1 aliphatic carbocycles. The van der Waals surface area contributed by atoms with E-state index < -0.39 is 0 Å². The van der Waals surface area contributed by atoms with Crippen molar-refractivity contribution >= 4 is 35.2 Å². The molecule has 0 radical (unpaired) electrons. The number of benzene rings is 1. The van der Waals surface area contributed by atoms with Crippen molar-refractivity contribution in [2.75, 3.05) is 43.9 Å². The van der Waals surface area contributed by atoms with Crippen molar-refractivity contribution in [2.24, 2.45) is 11.8 Å². The predicted molar refractivity (Wildman–Crippen MR) is 109 cm³/mol.